The van der Waals surface area contributed by atoms with Crippen LogP contribution in [0.5, 0.6) is 5.75 Å². The molecule has 0 saturated carbocycles. The molecule has 0 spiro atoms. The molecule has 0 saturated heterocycles. The fraction of sp³-hybridized carbons (Fsp3) is 0.167. The number of fused-ring (bicyclic) bond motifs is 1. The molecule has 33 heavy (non-hydrogen) atoms. The molecule has 0 radical (unpaired) electrons. The van der Waals surface area contributed by atoms with Gasteiger partial charge in [-0.2, -0.15) is 4.99 Å². The normalized spacial score (nSPS) is 12.2. The summed E-state index contributed by atoms with van der Waals surface area (Å²) in [4.78, 5) is 17.8. The molecule has 7 nitrogen and oxygen atoms in total. The predicted octanol–water partition coefficient (Wildman–Crippen LogP) is 4.30. The van der Waals surface area contributed by atoms with Gasteiger partial charge < -0.3 is 9.30 Å². The molecule has 0 unspecified atom stereocenters. The summed E-state index contributed by atoms with van der Waals surface area (Å²) in [5.74, 6) is 0.304. The number of sulfonamides is 1. The number of para-hydroxylation sites is 1. The first kappa shape index (κ1) is 22.8. The quantitative estimate of drug-likeness (QED) is 0.411. The Morgan fingerprint density at radius 2 is 1.76 bits per heavy atom. The van der Waals surface area contributed by atoms with Crippen molar-refractivity contribution in [1.29, 1.82) is 0 Å². The summed E-state index contributed by atoms with van der Waals surface area (Å²) < 4.78 is 35.3. The molecule has 3 aromatic carbocycles. The van der Waals surface area contributed by atoms with Gasteiger partial charge in [-0.1, -0.05) is 29.5 Å². The van der Waals surface area contributed by atoms with Crippen LogP contribution in [-0.4, -0.2) is 33.0 Å². The molecule has 0 bridgehead atoms. The van der Waals surface area contributed by atoms with Crippen LogP contribution in [0.25, 0.3) is 10.2 Å². The zero-order chi connectivity index (χ0) is 23.6. The summed E-state index contributed by atoms with van der Waals surface area (Å²) in [7, 11) is -0.641. The first-order valence-electron chi connectivity index (χ1n) is 10.3. The van der Waals surface area contributed by atoms with Crippen LogP contribution in [0.15, 0.2) is 82.7 Å². The van der Waals surface area contributed by atoms with Gasteiger partial charge in [-0.15, -0.1) is 0 Å². The number of nitrogens with zero attached hydrogens (tertiary/aromatic N) is 3. The molecule has 0 atom stereocenters. The van der Waals surface area contributed by atoms with Gasteiger partial charge in [0, 0.05) is 19.2 Å². The van der Waals surface area contributed by atoms with Crippen LogP contribution < -0.4 is 13.8 Å². The van der Waals surface area contributed by atoms with Crippen molar-refractivity contribution in [1.82, 2.24) is 4.57 Å². The van der Waals surface area contributed by atoms with Gasteiger partial charge in [0.25, 0.3) is 15.9 Å². The maximum Gasteiger partial charge on any atom is 0.279 e. The minimum absolute atomic E-state index is 0.1000. The highest BCUT2D eigenvalue weighted by molar-refractivity contribution is 7.92. The summed E-state index contributed by atoms with van der Waals surface area (Å²) in [5.41, 5.74) is 1.84. The Labute approximate surface area is 196 Å². The van der Waals surface area contributed by atoms with Crippen molar-refractivity contribution in [3.63, 3.8) is 0 Å². The third-order valence-electron chi connectivity index (χ3n) is 5.28. The van der Waals surface area contributed by atoms with Crippen LogP contribution in [-0.2, 0) is 16.6 Å². The Balaban J connectivity index is 1.65. The maximum atomic E-state index is 12.9. The van der Waals surface area contributed by atoms with Crippen LogP contribution in [0.2, 0.25) is 0 Å². The van der Waals surface area contributed by atoms with Crippen molar-refractivity contribution >= 4 is 43.2 Å². The number of methoxy groups -OCH3 is 1. The molecule has 0 N–H and O–H groups in total. The third kappa shape index (κ3) is 4.42. The molecule has 4 rings (SSSR count). The van der Waals surface area contributed by atoms with Gasteiger partial charge in [-0.05, 0) is 61.5 Å². The Morgan fingerprint density at radius 1 is 1.06 bits per heavy atom. The summed E-state index contributed by atoms with van der Waals surface area (Å²) in [6.45, 7) is 2.64. The van der Waals surface area contributed by atoms with Crippen molar-refractivity contribution in [2.24, 2.45) is 4.99 Å². The molecular formula is C24H23N3O4S2. The Kier molecular flexibility index (Phi) is 6.35. The number of carbonyl (C=O) groups excluding carboxylic acids is 1. The van der Waals surface area contributed by atoms with E-state index in [2.05, 4.69) is 4.99 Å². The lowest BCUT2D eigenvalue weighted by atomic mass is 10.2. The number of anilines is 1. The van der Waals surface area contributed by atoms with Gasteiger partial charge in [-0.3, -0.25) is 9.10 Å². The van der Waals surface area contributed by atoms with Gasteiger partial charge in [0.05, 0.1) is 27.9 Å². The minimum Gasteiger partial charge on any atom is -0.497 e. The van der Waals surface area contributed by atoms with Gasteiger partial charge in [0.15, 0.2) is 4.80 Å². The van der Waals surface area contributed by atoms with Crippen LogP contribution in [0.3, 0.4) is 0 Å². The number of hydrogen-bond donors (Lipinski definition) is 0. The van der Waals surface area contributed by atoms with Crippen molar-refractivity contribution in [2.45, 2.75) is 18.4 Å². The van der Waals surface area contributed by atoms with E-state index >= 15 is 0 Å². The monoisotopic (exact) mass is 481 g/mol. The lowest BCUT2D eigenvalue weighted by Gasteiger charge is -2.19. The molecule has 170 valence electrons. The van der Waals surface area contributed by atoms with E-state index in [-0.39, 0.29) is 4.90 Å². The number of aromatic nitrogens is 1. The van der Waals surface area contributed by atoms with Gasteiger partial charge >= 0.3 is 0 Å². The van der Waals surface area contributed by atoms with E-state index in [1.54, 1.807) is 31.4 Å². The highest BCUT2D eigenvalue weighted by Gasteiger charge is 2.21. The molecule has 1 aromatic heterocycles. The summed E-state index contributed by atoms with van der Waals surface area (Å²) in [6.07, 6.45) is 0. The second-order valence-electron chi connectivity index (χ2n) is 7.21. The number of thiazole rings is 1. The van der Waals surface area contributed by atoms with Crippen LogP contribution in [0, 0.1) is 0 Å². The van der Waals surface area contributed by atoms with Gasteiger partial charge in [-0.25, -0.2) is 8.42 Å². The minimum atomic E-state index is -3.75. The zero-order valence-corrected chi connectivity index (χ0v) is 20.1. The Morgan fingerprint density at radius 3 is 2.39 bits per heavy atom. The van der Waals surface area contributed by atoms with E-state index in [1.807, 2.05) is 35.8 Å². The first-order chi connectivity index (χ1) is 15.8. The van der Waals surface area contributed by atoms with Crippen LogP contribution in [0.4, 0.5) is 5.69 Å². The Hall–Kier alpha value is -3.43. The number of rotatable bonds is 6. The average molecular weight is 482 g/mol. The van der Waals surface area contributed by atoms with E-state index in [1.165, 1.54) is 47.0 Å². The van der Waals surface area contributed by atoms with Crippen molar-refractivity contribution < 1.29 is 17.9 Å². The molecule has 9 heteroatoms. The number of amides is 1. The van der Waals surface area contributed by atoms with Crippen molar-refractivity contribution in [3.8, 4) is 5.75 Å². The van der Waals surface area contributed by atoms with E-state index in [4.69, 9.17) is 4.74 Å². The fourth-order valence-electron chi connectivity index (χ4n) is 3.43. The maximum absolute atomic E-state index is 12.9. The molecule has 1 amide bonds. The SMILES string of the molecule is CCn1c(=NC(=O)c2ccc(S(=O)(=O)N(C)c3ccccc3)cc2)sc2cc(OC)ccc21. The molecule has 0 aliphatic carbocycles. The molecule has 1 heterocycles. The Bertz CT molecular complexity index is 1470. The van der Waals surface area contributed by atoms with Crippen molar-refractivity contribution in [3.05, 3.63) is 83.2 Å². The van der Waals surface area contributed by atoms with E-state index in [9.17, 15) is 13.2 Å². The second kappa shape index (κ2) is 9.21. The lowest BCUT2D eigenvalue weighted by molar-refractivity contribution is 0.0997. The van der Waals surface area contributed by atoms with Gasteiger partial charge in [0.1, 0.15) is 5.75 Å². The van der Waals surface area contributed by atoms with Crippen LogP contribution in [0.1, 0.15) is 17.3 Å². The summed E-state index contributed by atoms with van der Waals surface area (Å²) in [6, 6.07) is 20.4. The largest absolute Gasteiger partial charge is 0.497 e. The predicted molar refractivity (Wildman–Crippen MR) is 130 cm³/mol. The smallest absolute Gasteiger partial charge is 0.279 e. The highest BCUT2D eigenvalue weighted by atomic mass is 32.2. The summed E-state index contributed by atoms with van der Waals surface area (Å²) >= 11 is 1.40. The summed E-state index contributed by atoms with van der Waals surface area (Å²) in [5, 5.41) is 0. The second-order valence-corrected chi connectivity index (χ2v) is 10.2. The number of ether oxygens (including phenoxy) is 1. The molecule has 4 aromatic rings. The lowest BCUT2D eigenvalue weighted by Crippen LogP contribution is -2.26. The standard InChI is InChI=1S/C24H23N3O4S2/c1-4-27-21-15-12-19(31-3)16-22(21)32-24(27)25-23(28)17-10-13-20(14-11-17)33(29,30)26(2)18-8-6-5-7-9-18/h5-16H,4H2,1-3H3. The topological polar surface area (TPSA) is 81.0 Å². The molecule has 0 aliphatic rings. The fourth-order valence-corrected chi connectivity index (χ4v) is 5.74. The molecule has 0 fully saturated rings. The third-order valence-corrected chi connectivity index (χ3v) is 8.12. The van der Waals surface area contributed by atoms with E-state index in [0.717, 1.165) is 16.0 Å². The first-order valence-corrected chi connectivity index (χ1v) is 12.5. The zero-order valence-electron chi connectivity index (χ0n) is 18.4. The highest BCUT2D eigenvalue weighted by Crippen LogP contribution is 2.24. The average Bonchev–Trinajstić information content (AvgIpc) is 3.19. The van der Waals surface area contributed by atoms with E-state index in [0.29, 0.717) is 22.6 Å². The van der Waals surface area contributed by atoms with Crippen molar-refractivity contribution in [2.75, 3.05) is 18.5 Å². The van der Waals surface area contributed by atoms with Crippen LogP contribution >= 0.6 is 11.3 Å². The number of benzene rings is 3. The number of aryl methyl sites for hydroxylation is 1. The molecular weight excluding hydrogens is 458 g/mol. The van der Waals surface area contributed by atoms with E-state index < -0.39 is 15.9 Å². The number of hydrogen-bond acceptors (Lipinski definition) is 5. The van der Waals surface area contributed by atoms with Gasteiger partial charge in [0.2, 0.25) is 0 Å². The number of carbonyl (C=O) groups is 1. The molecule has 0 aliphatic heterocycles.